The Hall–Kier alpha value is -1.56. The smallest absolute Gasteiger partial charge is 0.315 e. The van der Waals surface area contributed by atoms with Crippen LogP contribution in [0.2, 0.25) is 0 Å². The molecule has 0 spiro atoms. The van der Waals surface area contributed by atoms with Gasteiger partial charge in [-0.3, -0.25) is 0 Å². The van der Waals surface area contributed by atoms with Crippen LogP contribution in [-0.4, -0.2) is 29.4 Å². The molecule has 0 aliphatic carbocycles. The van der Waals surface area contributed by atoms with Gasteiger partial charge in [-0.25, -0.2) is 4.79 Å². The monoisotopic (exact) mass is 267 g/mol. The molecule has 1 aliphatic rings. The van der Waals surface area contributed by atoms with Crippen LogP contribution in [0.4, 0.5) is 4.79 Å². The Bertz CT molecular complexity index is 448. The van der Waals surface area contributed by atoms with Crippen molar-refractivity contribution in [1.29, 1.82) is 0 Å². The molecule has 1 saturated heterocycles. The highest BCUT2D eigenvalue weighted by Gasteiger charge is 2.36. The molecule has 0 radical (unpaired) electrons. The third-order valence-electron chi connectivity index (χ3n) is 3.63. The Kier molecular flexibility index (Phi) is 3.80. The van der Waals surface area contributed by atoms with Crippen molar-refractivity contribution < 1.29 is 14.1 Å². The van der Waals surface area contributed by atoms with Crippen molar-refractivity contribution in [1.82, 2.24) is 15.8 Å². The summed E-state index contributed by atoms with van der Waals surface area (Å²) in [6.07, 6.45) is 0.839. The molecule has 1 fully saturated rings. The van der Waals surface area contributed by atoms with E-state index in [1.165, 1.54) is 0 Å². The summed E-state index contributed by atoms with van der Waals surface area (Å²) in [5.74, 6) is 0.738. The Morgan fingerprint density at radius 2 is 2.21 bits per heavy atom. The first-order valence-electron chi connectivity index (χ1n) is 6.50. The van der Waals surface area contributed by atoms with Crippen LogP contribution in [0.15, 0.2) is 4.52 Å². The minimum Gasteiger partial charge on any atom is -0.373 e. The molecule has 1 aromatic heterocycles. The number of ether oxygens (including phenoxy) is 1. The van der Waals surface area contributed by atoms with Crippen molar-refractivity contribution in [3.63, 3.8) is 0 Å². The number of rotatable bonds is 3. The summed E-state index contributed by atoms with van der Waals surface area (Å²) in [6.45, 7) is 8.77. The van der Waals surface area contributed by atoms with Crippen LogP contribution in [0.5, 0.6) is 0 Å². The second kappa shape index (κ2) is 5.21. The van der Waals surface area contributed by atoms with E-state index in [4.69, 9.17) is 9.26 Å². The van der Waals surface area contributed by atoms with Crippen LogP contribution < -0.4 is 10.6 Å². The molecule has 1 atom stereocenters. The highest BCUT2D eigenvalue weighted by Crippen LogP contribution is 2.24. The van der Waals surface area contributed by atoms with Crippen molar-refractivity contribution in [2.75, 3.05) is 6.61 Å². The maximum atomic E-state index is 11.9. The van der Waals surface area contributed by atoms with Gasteiger partial charge >= 0.3 is 6.03 Å². The van der Waals surface area contributed by atoms with E-state index in [2.05, 4.69) is 15.8 Å². The van der Waals surface area contributed by atoms with E-state index >= 15 is 0 Å². The highest BCUT2D eigenvalue weighted by molar-refractivity contribution is 5.74. The average Bonchev–Trinajstić information content (AvgIpc) is 2.81. The van der Waals surface area contributed by atoms with Crippen molar-refractivity contribution in [3.8, 4) is 0 Å². The summed E-state index contributed by atoms with van der Waals surface area (Å²) in [5, 5.41) is 9.62. The molecule has 2 N–H and O–H groups in total. The fourth-order valence-electron chi connectivity index (χ4n) is 2.27. The summed E-state index contributed by atoms with van der Waals surface area (Å²) in [4.78, 5) is 11.9. The SMILES string of the molecule is Cc1noc(C)c1CNC(=O)NC1CCOC1(C)C. The van der Waals surface area contributed by atoms with Crippen molar-refractivity contribution in [3.05, 3.63) is 17.0 Å². The zero-order valence-electron chi connectivity index (χ0n) is 11.9. The molecule has 2 amide bonds. The predicted octanol–water partition coefficient (Wildman–Crippen LogP) is 1.66. The molecule has 0 saturated carbocycles. The van der Waals surface area contributed by atoms with Gasteiger partial charge in [-0.1, -0.05) is 5.16 Å². The first kappa shape index (κ1) is 13.9. The van der Waals surface area contributed by atoms with Gasteiger partial charge in [-0.05, 0) is 34.1 Å². The largest absolute Gasteiger partial charge is 0.373 e. The van der Waals surface area contributed by atoms with E-state index in [-0.39, 0.29) is 17.7 Å². The molecule has 6 nitrogen and oxygen atoms in total. The highest BCUT2D eigenvalue weighted by atomic mass is 16.5. The molecule has 0 aromatic carbocycles. The van der Waals surface area contributed by atoms with Crippen LogP contribution in [-0.2, 0) is 11.3 Å². The lowest BCUT2D eigenvalue weighted by Gasteiger charge is -2.26. The third kappa shape index (κ3) is 3.07. The molecular formula is C13H21N3O3. The van der Waals surface area contributed by atoms with Crippen LogP contribution in [0, 0.1) is 13.8 Å². The van der Waals surface area contributed by atoms with E-state index in [1.54, 1.807) is 0 Å². The predicted molar refractivity (Wildman–Crippen MR) is 69.8 cm³/mol. The van der Waals surface area contributed by atoms with Gasteiger partial charge in [-0.15, -0.1) is 0 Å². The Labute approximate surface area is 112 Å². The maximum absolute atomic E-state index is 11.9. The summed E-state index contributed by atoms with van der Waals surface area (Å²) in [6, 6.07) is -0.152. The van der Waals surface area contributed by atoms with Crippen LogP contribution in [0.25, 0.3) is 0 Å². The van der Waals surface area contributed by atoms with Gasteiger partial charge in [0.05, 0.1) is 17.3 Å². The quantitative estimate of drug-likeness (QED) is 0.873. The molecule has 106 valence electrons. The average molecular weight is 267 g/mol. The minimum atomic E-state index is -0.305. The molecule has 1 aliphatic heterocycles. The van der Waals surface area contributed by atoms with Gasteiger partial charge in [0.1, 0.15) is 5.76 Å². The third-order valence-corrected chi connectivity index (χ3v) is 3.63. The van der Waals surface area contributed by atoms with Crippen LogP contribution in [0.1, 0.15) is 37.3 Å². The first-order chi connectivity index (χ1) is 8.90. The maximum Gasteiger partial charge on any atom is 0.315 e. The number of hydrogen-bond acceptors (Lipinski definition) is 4. The zero-order valence-corrected chi connectivity index (χ0v) is 11.9. The molecule has 0 bridgehead atoms. The van der Waals surface area contributed by atoms with Crippen molar-refractivity contribution >= 4 is 6.03 Å². The van der Waals surface area contributed by atoms with E-state index < -0.39 is 0 Å². The van der Waals surface area contributed by atoms with Crippen molar-refractivity contribution in [2.24, 2.45) is 0 Å². The molecule has 1 aromatic rings. The number of carbonyl (C=O) groups excluding carboxylic acids is 1. The molecule has 19 heavy (non-hydrogen) atoms. The Morgan fingerprint density at radius 1 is 1.47 bits per heavy atom. The summed E-state index contributed by atoms with van der Waals surface area (Å²) >= 11 is 0. The van der Waals surface area contributed by atoms with Crippen LogP contribution in [0.3, 0.4) is 0 Å². The first-order valence-corrected chi connectivity index (χ1v) is 6.50. The fraction of sp³-hybridized carbons (Fsp3) is 0.692. The fourth-order valence-corrected chi connectivity index (χ4v) is 2.27. The van der Waals surface area contributed by atoms with Crippen LogP contribution >= 0.6 is 0 Å². The number of amides is 2. The topological polar surface area (TPSA) is 76.4 Å². The molecule has 1 unspecified atom stereocenters. The molecule has 2 rings (SSSR count). The summed E-state index contributed by atoms with van der Waals surface area (Å²) in [5.41, 5.74) is 1.43. The number of aryl methyl sites for hydroxylation is 2. The van der Waals surface area contributed by atoms with E-state index in [0.29, 0.717) is 13.2 Å². The number of nitrogens with one attached hydrogen (secondary N) is 2. The minimum absolute atomic E-state index is 0.0390. The Balaban J connectivity index is 1.86. The number of aromatic nitrogens is 1. The molecule has 6 heteroatoms. The second-order valence-electron chi connectivity index (χ2n) is 5.42. The van der Waals surface area contributed by atoms with Gasteiger partial charge in [0.15, 0.2) is 0 Å². The standard InChI is InChI=1S/C13H21N3O3/c1-8-10(9(2)19-16-8)7-14-12(17)15-11-5-6-18-13(11,3)4/h11H,5-7H2,1-4H3,(H2,14,15,17). The van der Waals surface area contributed by atoms with E-state index in [1.807, 2.05) is 27.7 Å². The molecular weight excluding hydrogens is 246 g/mol. The van der Waals surface area contributed by atoms with E-state index in [9.17, 15) is 4.79 Å². The zero-order chi connectivity index (χ0) is 14.0. The number of carbonyl (C=O) groups is 1. The summed E-state index contributed by atoms with van der Waals surface area (Å²) in [7, 11) is 0. The number of hydrogen-bond donors (Lipinski definition) is 2. The number of urea groups is 1. The second-order valence-corrected chi connectivity index (χ2v) is 5.42. The van der Waals surface area contributed by atoms with Gasteiger partial charge in [-0.2, -0.15) is 0 Å². The van der Waals surface area contributed by atoms with Crippen molar-refractivity contribution in [2.45, 2.75) is 52.3 Å². The van der Waals surface area contributed by atoms with Gasteiger partial charge < -0.3 is 19.9 Å². The van der Waals surface area contributed by atoms with Gasteiger partial charge in [0, 0.05) is 18.7 Å². The lowest BCUT2D eigenvalue weighted by molar-refractivity contribution is 0.0235. The summed E-state index contributed by atoms with van der Waals surface area (Å²) < 4.78 is 10.6. The Morgan fingerprint density at radius 3 is 2.74 bits per heavy atom. The van der Waals surface area contributed by atoms with Gasteiger partial charge in [0.2, 0.25) is 0 Å². The molecule has 2 heterocycles. The number of nitrogens with zero attached hydrogens (tertiary/aromatic N) is 1. The normalized spacial score (nSPS) is 21.4. The van der Waals surface area contributed by atoms with Gasteiger partial charge in [0.25, 0.3) is 0 Å². The van der Waals surface area contributed by atoms with E-state index in [0.717, 1.165) is 23.4 Å². The lowest BCUT2D eigenvalue weighted by atomic mass is 9.99. The lowest BCUT2D eigenvalue weighted by Crippen LogP contribution is -2.49.